The zero-order valence-corrected chi connectivity index (χ0v) is 26.3. The van der Waals surface area contributed by atoms with Gasteiger partial charge in [-0.15, -0.1) is 0 Å². The lowest BCUT2D eigenvalue weighted by atomic mass is 10.0. The van der Waals surface area contributed by atoms with Crippen molar-refractivity contribution in [2.24, 2.45) is 0 Å². The first kappa shape index (κ1) is 35.9. The molecule has 0 amide bonds. The van der Waals surface area contributed by atoms with Gasteiger partial charge in [0.05, 0.1) is 31.1 Å². The molecule has 0 saturated carbocycles. The number of fused-ring (bicyclic) bond motifs is 1. The standard InChI is InChI=1S/C30H45F3N5O5P/c1-24(20-38-22-37-27-28(34)35-21-36-29(27)38)42-23-44(39,40)43-19-11-18-41-17-10-8-6-4-2-3-5-7-9-12-25-13-15-26(16-14-25)30(31,32)33/h13-16,21-22,24H,2-12,17-20,23H2,1H3,(H,39,40)(H2,34,35,36)/t24-/m1/s1. The van der Waals surface area contributed by atoms with Gasteiger partial charge in [-0.1, -0.05) is 57.1 Å². The average molecular weight is 644 g/mol. The van der Waals surface area contributed by atoms with E-state index in [-0.39, 0.29) is 18.5 Å². The molecule has 0 aliphatic rings. The van der Waals surface area contributed by atoms with Crippen molar-refractivity contribution in [1.82, 2.24) is 19.5 Å². The number of unbranched alkanes of at least 4 members (excludes halogenated alkanes) is 8. The second-order valence-corrected chi connectivity index (χ2v) is 12.8. The zero-order valence-electron chi connectivity index (χ0n) is 25.4. The Morgan fingerprint density at radius 2 is 1.55 bits per heavy atom. The Balaban J connectivity index is 1.09. The van der Waals surface area contributed by atoms with Crippen molar-refractivity contribution in [2.45, 2.75) is 96.4 Å². The number of alkyl halides is 3. The number of nitrogens with two attached hydrogens (primary N) is 1. The predicted molar refractivity (Wildman–Crippen MR) is 163 cm³/mol. The van der Waals surface area contributed by atoms with Crippen LogP contribution in [0.3, 0.4) is 0 Å². The Kier molecular flexibility index (Phi) is 15.0. The number of rotatable bonds is 22. The highest BCUT2D eigenvalue weighted by Gasteiger charge is 2.29. The van der Waals surface area contributed by atoms with Gasteiger partial charge in [-0.25, -0.2) is 15.0 Å². The molecular weight excluding hydrogens is 598 g/mol. The highest BCUT2D eigenvalue weighted by molar-refractivity contribution is 7.52. The molecule has 2 heterocycles. The van der Waals surface area contributed by atoms with E-state index in [0.29, 0.717) is 37.3 Å². The molecule has 0 spiro atoms. The molecule has 10 nitrogen and oxygen atoms in total. The molecule has 44 heavy (non-hydrogen) atoms. The minimum atomic E-state index is -4.28. The van der Waals surface area contributed by atoms with Gasteiger partial charge in [0.2, 0.25) is 0 Å². The van der Waals surface area contributed by atoms with Gasteiger partial charge in [-0.05, 0) is 50.3 Å². The second kappa shape index (κ2) is 18.4. The predicted octanol–water partition coefficient (Wildman–Crippen LogP) is 7.15. The molecule has 0 radical (unpaired) electrons. The van der Waals surface area contributed by atoms with E-state index in [1.807, 2.05) is 0 Å². The first-order chi connectivity index (χ1) is 21.0. The monoisotopic (exact) mass is 643 g/mol. The molecular formula is C30H45F3N5O5P. The lowest BCUT2D eigenvalue weighted by molar-refractivity contribution is -0.137. The fourth-order valence-corrected chi connectivity index (χ4v) is 5.65. The lowest BCUT2D eigenvalue weighted by Crippen LogP contribution is -2.17. The molecule has 3 aromatic rings. The van der Waals surface area contributed by atoms with Crippen LogP contribution in [0.4, 0.5) is 19.0 Å². The minimum Gasteiger partial charge on any atom is -0.382 e. The lowest BCUT2D eigenvalue weighted by Gasteiger charge is -2.17. The maximum atomic E-state index is 12.6. The van der Waals surface area contributed by atoms with Crippen LogP contribution in [-0.4, -0.2) is 56.7 Å². The summed E-state index contributed by atoms with van der Waals surface area (Å²) in [6, 6.07) is 5.47. The summed E-state index contributed by atoms with van der Waals surface area (Å²) in [5, 5.41) is 0. The summed E-state index contributed by atoms with van der Waals surface area (Å²) in [6.45, 7) is 3.38. The number of anilines is 1. The summed E-state index contributed by atoms with van der Waals surface area (Å²) >= 11 is 0. The van der Waals surface area contributed by atoms with Gasteiger partial charge in [0.15, 0.2) is 11.5 Å². The van der Waals surface area contributed by atoms with Gasteiger partial charge >= 0.3 is 13.8 Å². The van der Waals surface area contributed by atoms with Crippen molar-refractivity contribution in [3.8, 4) is 0 Å². The fourth-order valence-electron chi connectivity index (χ4n) is 4.72. The maximum absolute atomic E-state index is 12.6. The average Bonchev–Trinajstić information content (AvgIpc) is 3.39. The van der Waals surface area contributed by atoms with Crippen LogP contribution in [0.2, 0.25) is 0 Å². The number of nitrogen functional groups attached to an aromatic ring is 1. The zero-order chi connectivity index (χ0) is 31.8. The quantitative estimate of drug-likeness (QED) is 0.0864. The van der Waals surface area contributed by atoms with Crippen LogP contribution >= 0.6 is 7.60 Å². The summed E-state index contributed by atoms with van der Waals surface area (Å²) < 4.78 is 68.2. The first-order valence-corrected chi connectivity index (χ1v) is 17.0. The molecule has 3 N–H and O–H groups in total. The van der Waals surface area contributed by atoms with Crippen LogP contribution in [0.25, 0.3) is 11.2 Å². The highest BCUT2D eigenvalue weighted by Crippen LogP contribution is 2.42. The minimum absolute atomic E-state index is 0.109. The molecule has 246 valence electrons. The fraction of sp³-hybridized carbons (Fsp3) is 0.633. The van der Waals surface area contributed by atoms with Crippen molar-refractivity contribution in [1.29, 1.82) is 0 Å². The Hall–Kier alpha value is -2.57. The van der Waals surface area contributed by atoms with Crippen LogP contribution in [0, 0.1) is 0 Å². The molecule has 1 aromatic carbocycles. The number of imidazole rings is 1. The molecule has 1 unspecified atom stereocenters. The van der Waals surface area contributed by atoms with Crippen LogP contribution < -0.4 is 5.73 Å². The van der Waals surface area contributed by atoms with Gasteiger partial charge in [0.25, 0.3) is 0 Å². The van der Waals surface area contributed by atoms with Crippen LogP contribution in [-0.2, 0) is 37.7 Å². The summed E-state index contributed by atoms with van der Waals surface area (Å²) in [6.07, 6.45) is 9.19. The molecule has 14 heteroatoms. The smallest absolute Gasteiger partial charge is 0.382 e. The van der Waals surface area contributed by atoms with Crippen LogP contribution in [0.1, 0.15) is 82.3 Å². The number of nitrogens with zero attached hydrogens (tertiary/aromatic N) is 4. The van der Waals surface area contributed by atoms with E-state index in [9.17, 15) is 22.6 Å². The molecule has 0 aliphatic heterocycles. The third kappa shape index (κ3) is 13.2. The van der Waals surface area contributed by atoms with E-state index in [1.54, 1.807) is 30.0 Å². The van der Waals surface area contributed by atoms with Gasteiger partial charge in [-0.3, -0.25) is 4.57 Å². The topological polar surface area (TPSA) is 135 Å². The molecule has 0 bridgehead atoms. The molecule has 3 rings (SSSR count). The van der Waals surface area contributed by atoms with Gasteiger partial charge in [0.1, 0.15) is 18.2 Å². The van der Waals surface area contributed by atoms with Gasteiger partial charge < -0.3 is 29.2 Å². The van der Waals surface area contributed by atoms with E-state index in [4.69, 9.17) is 19.7 Å². The summed E-state index contributed by atoms with van der Waals surface area (Å²) in [4.78, 5) is 22.3. The molecule has 0 fully saturated rings. The number of halogens is 3. The van der Waals surface area contributed by atoms with E-state index < -0.39 is 25.7 Å². The first-order valence-electron chi connectivity index (χ1n) is 15.3. The van der Waals surface area contributed by atoms with Crippen LogP contribution in [0.15, 0.2) is 36.9 Å². The molecule has 0 aliphatic carbocycles. The van der Waals surface area contributed by atoms with Gasteiger partial charge in [-0.2, -0.15) is 13.2 Å². The Morgan fingerprint density at radius 1 is 0.909 bits per heavy atom. The number of ether oxygens (including phenoxy) is 2. The van der Waals surface area contributed by atoms with E-state index in [0.717, 1.165) is 62.6 Å². The van der Waals surface area contributed by atoms with Crippen molar-refractivity contribution in [3.63, 3.8) is 0 Å². The SMILES string of the molecule is C[C@H](Cn1cnc2c(N)ncnc21)OCP(=O)(O)OCCCOCCCCCCCCCCCc1ccc(C(F)(F)F)cc1. The number of benzene rings is 1. The summed E-state index contributed by atoms with van der Waals surface area (Å²) in [5.41, 5.74) is 7.22. The summed E-state index contributed by atoms with van der Waals surface area (Å²) in [7, 11) is -3.88. The van der Waals surface area contributed by atoms with Crippen molar-refractivity contribution >= 4 is 24.6 Å². The van der Waals surface area contributed by atoms with Crippen molar-refractivity contribution in [2.75, 3.05) is 31.9 Å². The number of hydrogen-bond acceptors (Lipinski definition) is 8. The number of aryl methyl sites for hydroxylation is 1. The van der Waals surface area contributed by atoms with E-state index >= 15 is 0 Å². The maximum Gasteiger partial charge on any atom is 0.416 e. The second-order valence-electron chi connectivity index (χ2n) is 11.0. The van der Waals surface area contributed by atoms with E-state index in [1.165, 1.54) is 25.6 Å². The Morgan fingerprint density at radius 3 is 2.23 bits per heavy atom. The third-order valence-corrected chi connectivity index (χ3v) is 8.23. The molecule has 2 aromatic heterocycles. The van der Waals surface area contributed by atoms with Crippen molar-refractivity contribution in [3.05, 3.63) is 48.0 Å². The largest absolute Gasteiger partial charge is 0.416 e. The Labute approximate surface area is 257 Å². The van der Waals surface area contributed by atoms with E-state index in [2.05, 4.69) is 15.0 Å². The highest BCUT2D eigenvalue weighted by atomic mass is 31.2. The Bertz CT molecular complexity index is 1290. The summed E-state index contributed by atoms with van der Waals surface area (Å²) in [5.74, 6) is 0.288. The van der Waals surface area contributed by atoms with Gasteiger partial charge in [0, 0.05) is 13.2 Å². The molecule has 2 atom stereocenters. The number of hydrogen-bond donors (Lipinski definition) is 2. The van der Waals surface area contributed by atoms with Crippen LogP contribution in [0.5, 0.6) is 0 Å². The normalized spacial score (nSPS) is 14.2. The third-order valence-electron chi connectivity index (χ3n) is 7.17. The molecule has 0 saturated heterocycles. The number of aromatic nitrogens is 4. The van der Waals surface area contributed by atoms with Crippen molar-refractivity contribution < 1.29 is 36.6 Å².